The SMILES string of the molecule is CC1(C)OB(c2ccc(CC(N)=O)c(F)n2)OC1(C)C. The van der Waals surface area contributed by atoms with Crippen LogP contribution in [0.2, 0.25) is 0 Å². The van der Waals surface area contributed by atoms with Gasteiger partial charge in [-0.3, -0.25) is 4.79 Å². The molecule has 0 saturated carbocycles. The largest absolute Gasteiger partial charge is 0.514 e. The van der Waals surface area contributed by atoms with Gasteiger partial charge in [-0.05, 0) is 33.8 Å². The maximum atomic E-state index is 13.8. The molecule has 0 spiro atoms. The molecule has 5 nitrogen and oxygen atoms in total. The zero-order valence-electron chi connectivity index (χ0n) is 12.1. The Morgan fingerprint density at radius 3 is 2.30 bits per heavy atom. The fraction of sp³-hybridized carbons (Fsp3) is 0.538. The Hall–Kier alpha value is -1.47. The van der Waals surface area contributed by atoms with E-state index in [4.69, 9.17) is 15.0 Å². The van der Waals surface area contributed by atoms with E-state index in [0.717, 1.165) is 0 Å². The molecule has 0 radical (unpaired) electrons. The number of carbonyl (C=O) groups excluding carboxylic acids is 1. The highest BCUT2D eigenvalue weighted by atomic mass is 19.1. The number of nitrogens with zero attached hydrogens (tertiary/aromatic N) is 1. The summed E-state index contributed by atoms with van der Waals surface area (Å²) in [5.74, 6) is -1.33. The van der Waals surface area contributed by atoms with Crippen LogP contribution in [-0.2, 0) is 20.5 Å². The fourth-order valence-electron chi connectivity index (χ4n) is 1.89. The fourth-order valence-corrected chi connectivity index (χ4v) is 1.89. The number of hydrogen-bond donors (Lipinski definition) is 1. The van der Waals surface area contributed by atoms with Crippen LogP contribution in [-0.4, -0.2) is 29.2 Å². The van der Waals surface area contributed by atoms with E-state index >= 15 is 0 Å². The molecule has 108 valence electrons. The number of amides is 1. The van der Waals surface area contributed by atoms with Crippen molar-refractivity contribution in [3.8, 4) is 0 Å². The van der Waals surface area contributed by atoms with Crippen molar-refractivity contribution >= 4 is 18.6 Å². The predicted octanol–water partition coefficient (Wildman–Crippen LogP) is 0.548. The standard InChI is InChI=1S/C13H18BFN2O3/c1-12(2)13(3,4)20-14(19-12)9-6-5-8(7-10(16)18)11(15)17-9/h5-6H,7H2,1-4H3,(H2,16,18). The van der Waals surface area contributed by atoms with E-state index < -0.39 is 30.2 Å². The summed E-state index contributed by atoms with van der Waals surface area (Å²) in [5.41, 5.74) is 4.52. The molecular formula is C13H18BFN2O3. The normalized spacial score (nSPS) is 20.1. The first-order chi connectivity index (χ1) is 9.12. The van der Waals surface area contributed by atoms with E-state index in [1.807, 2.05) is 27.7 Å². The maximum Gasteiger partial charge on any atom is 0.514 e. The summed E-state index contributed by atoms with van der Waals surface area (Å²) in [6.45, 7) is 7.63. The summed E-state index contributed by atoms with van der Waals surface area (Å²) in [7, 11) is -0.725. The quantitative estimate of drug-likeness (QED) is 0.648. The second-order valence-electron chi connectivity index (χ2n) is 5.92. The van der Waals surface area contributed by atoms with E-state index in [1.54, 1.807) is 6.07 Å². The molecular weight excluding hydrogens is 262 g/mol. The second kappa shape index (κ2) is 4.82. The number of carbonyl (C=O) groups is 1. The highest BCUT2D eigenvalue weighted by molar-refractivity contribution is 6.61. The first-order valence-corrected chi connectivity index (χ1v) is 6.42. The van der Waals surface area contributed by atoms with Crippen LogP contribution in [0.3, 0.4) is 0 Å². The van der Waals surface area contributed by atoms with Gasteiger partial charge in [-0.2, -0.15) is 4.39 Å². The van der Waals surface area contributed by atoms with Gasteiger partial charge in [0.1, 0.15) is 0 Å². The minimum atomic E-state index is -0.726. The Balaban J connectivity index is 2.24. The van der Waals surface area contributed by atoms with Crippen LogP contribution >= 0.6 is 0 Å². The Kier molecular flexibility index (Phi) is 3.60. The Morgan fingerprint density at radius 1 is 1.30 bits per heavy atom. The average molecular weight is 280 g/mol. The zero-order chi connectivity index (χ0) is 15.1. The number of rotatable bonds is 3. The van der Waals surface area contributed by atoms with Crippen LogP contribution in [0.1, 0.15) is 33.3 Å². The highest BCUT2D eigenvalue weighted by Crippen LogP contribution is 2.36. The first kappa shape index (κ1) is 14.9. The van der Waals surface area contributed by atoms with Gasteiger partial charge in [0.05, 0.1) is 23.2 Å². The summed E-state index contributed by atoms with van der Waals surface area (Å²) in [6, 6.07) is 3.07. The maximum absolute atomic E-state index is 13.8. The zero-order valence-corrected chi connectivity index (χ0v) is 12.1. The Bertz CT molecular complexity index is 532. The number of primary amides is 1. The lowest BCUT2D eigenvalue weighted by Crippen LogP contribution is -2.41. The summed E-state index contributed by atoms with van der Waals surface area (Å²) in [6.07, 6.45) is -0.178. The average Bonchev–Trinajstić information content (AvgIpc) is 2.50. The number of nitrogens with two attached hydrogens (primary N) is 1. The number of aromatic nitrogens is 1. The van der Waals surface area contributed by atoms with Gasteiger partial charge in [-0.15, -0.1) is 0 Å². The van der Waals surface area contributed by atoms with Gasteiger partial charge in [0.25, 0.3) is 0 Å². The monoisotopic (exact) mass is 280 g/mol. The molecule has 2 N–H and O–H groups in total. The van der Waals surface area contributed by atoms with Crippen molar-refractivity contribution in [3.05, 3.63) is 23.6 Å². The minimum Gasteiger partial charge on any atom is -0.398 e. The van der Waals surface area contributed by atoms with Gasteiger partial charge in [0.2, 0.25) is 11.9 Å². The van der Waals surface area contributed by atoms with Crippen LogP contribution in [0.25, 0.3) is 0 Å². The third-order valence-corrected chi connectivity index (χ3v) is 3.81. The molecule has 1 aromatic rings. The summed E-state index contributed by atoms with van der Waals surface area (Å²) in [4.78, 5) is 14.6. The summed E-state index contributed by atoms with van der Waals surface area (Å²) >= 11 is 0. The van der Waals surface area contributed by atoms with Crippen LogP contribution < -0.4 is 11.3 Å². The molecule has 1 aliphatic rings. The van der Waals surface area contributed by atoms with E-state index in [9.17, 15) is 9.18 Å². The van der Waals surface area contributed by atoms with E-state index in [0.29, 0.717) is 5.59 Å². The van der Waals surface area contributed by atoms with Gasteiger partial charge >= 0.3 is 7.12 Å². The van der Waals surface area contributed by atoms with Gasteiger partial charge < -0.3 is 15.0 Å². The van der Waals surface area contributed by atoms with E-state index in [2.05, 4.69) is 4.98 Å². The molecule has 1 aliphatic heterocycles. The van der Waals surface area contributed by atoms with Gasteiger partial charge in [0, 0.05) is 5.56 Å². The summed E-state index contributed by atoms with van der Waals surface area (Å²) in [5, 5.41) is 0. The Morgan fingerprint density at radius 2 is 1.85 bits per heavy atom. The molecule has 20 heavy (non-hydrogen) atoms. The number of hydrogen-bond acceptors (Lipinski definition) is 4. The Labute approximate surface area is 117 Å². The minimum absolute atomic E-state index is 0.165. The second-order valence-corrected chi connectivity index (χ2v) is 5.92. The van der Waals surface area contributed by atoms with Crippen LogP contribution in [0, 0.1) is 5.95 Å². The molecule has 7 heteroatoms. The topological polar surface area (TPSA) is 74.4 Å². The summed E-state index contributed by atoms with van der Waals surface area (Å²) < 4.78 is 25.4. The van der Waals surface area contributed by atoms with Crippen molar-refractivity contribution in [3.63, 3.8) is 0 Å². The molecule has 0 bridgehead atoms. The van der Waals surface area contributed by atoms with Gasteiger partial charge in [-0.25, -0.2) is 4.98 Å². The molecule has 0 aliphatic carbocycles. The lowest BCUT2D eigenvalue weighted by molar-refractivity contribution is -0.117. The molecule has 1 aromatic heterocycles. The van der Waals surface area contributed by atoms with Crippen molar-refractivity contribution in [2.75, 3.05) is 0 Å². The molecule has 0 unspecified atom stereocenters. The van der Waals surface area contributed by atoms with Crippen molar-refractivity contribution in [2.24, 2.45) is 5.73 Å². The highest BCUT2D eigenvalue weighted by Gasteiger charge is 2.52. The molecule has 2 rings (SSSR count). The molecule has 0 atom stereocenters. The van der Waals surface area contributed by atoms with E-state index in [-0.39, 0.29) is 12.0 Å². The third kappa shape index (κ3) is 2.69. The smallest absolute Gasteiger partial charge is 0.398 e. The van der Waals surface area contributed by atoms with Crippen LogP contribution in [0.5, 0.6) is 0 Å². The van der Waals surface area contributed by atoms with Crippen molar-refractivity contribution < 1.29 is 18.5 Å². The van der Waals surface area contributed by atoms with Crippen molar-refractivity contribution in [2.45, 2.75) is 45.3 Å². The van der Waals surface area contributed by atoms with Crippen LogP contribution in [0.15, 0.2) is 12.1 Å². The lowest BCUT2D eigenvalue weighted by Gasteiger charge is -2.32. The molecule has 1 amide bonds. The number of pyridine rings is 1. The van der Waals surface area contributed by atoms with Gasteiger partial charge in [-0.1, -0.05) is 6.07 Å². The molecule has 1 fully saturated rings. The lowest BCUT2D eigenvalue weighted by atomic mass is 9.84. The van der Waals surface area contributed by atoms with E-state index in [1.165, 1.54) is 6.07 Å². The molecule has 0 aromatic carbocycles. The molecule has 1 saturated heterocycles. The third-order valence-electron chi connectivity index (χ3n) is 3.81. The number of halogens is 1. The first-order valence-electron chi connectivity index (χ1n) is 6.42. The van der Waals surface area contributed by atoms with Crippen molar-refractivity contribution in [1.82, 2.24) is 4.98 Å². The predicted molar refractivity (Wildman–Crippen MR) is 72.8 cm³/mol. The van der Waals surface area contributed by atoms with Crippen molar-refractivity contribution in [1.29, 1.82) is 0 Å². The molecule has 2 heterocycles. The van der Waals surface area contributed by atoms with Gasteiger partial charge in [0.15, 0.2) is 0 Å². The van der Waals surface area contributed by atoms with Crippen LogP contribution in [0.4, 0.5) is 4.39 Å².